The minimum Gasteiger partial charge on any atom is -0.496 e. The van der Waals surface area contributed by atoms with E-state index < -0.39 is 0 Å². The first kappa shape index (κ1) is 13.0. The Morgan fingerprint density at radius 3 is 2.95 bits per heavy atom. The third-order valence-electron chi connectivity index (χ3n) is 3.82. The molecule has 0 unspecified atom stereocenters. The number of methoxy groups -OCH3 is 1. The highest BCUT2D eigenvalue weighted by Crippen LogP contribution is 2.22. The summed E-state index contributed by atoms with van der Waals surface area (Å²) < 4.78 is 5.37. The van der Waals surface area contributed by atoms with Crippen molar-refractivity contribution in [1.82, 2.24) is 4.98 Å². The largest absolute Gasteiger partial charge is 0.496 e. The first-order chi connectivity index (χ1) is 9.86. The smallest absolute Gasteiger partial charge is 0.126 e. The molecule has 0 bridgehead atoms. The van der Waals surface area contributed by atoms with Gasteiger partial charge in [-0.15, -0.1) is 0 Å². The fraction of sp³-hybridized carbons (Fsp3) is 0.353. The summed E-state index contributed by atoms with van der Waals surface area (Å²) in [5, 5.41) is 3.41. The molecule has 1 aromatic carbocycles. The summed E-state index contributed by atoms with van der Waals surface area (Å²) in [6.07, 6.45) is 4.48. The molecule has 104 valence electrons. The number of fused-ring (bicyclic) bond motifs is 1. The zero-order chi connectivity index (χ0) is 13.8. The van der Waals surface area contributed by atoms with Gasteiger partial charge in [-0.1, -0.05) is 24.3 Å². The number of anilines is 1. The Labute approximate surface area is 120 Å². The summed E-state index contributed by atoms with van der Waals surface area (Å²) in [6.45, 7) is 0.867. The van der Waals surface area contributed by atoms with Crippen LogP contribution >= 0.6 is 0 Å². The first-order valence-electron chi connectivity index (χ1n) is 7.21. The van der Waals surface area contributed by atoms with Crippen molar-refractivity contribution in [3.63, 3.8) is 0 Å². The molecule has 0 spiro atoms. The van der Waals surface area contributed by atoms with Gasteiger partial charge >= 0.3 is 0 Å². The SMILES string of the molecule is COc1ccccc1CCNc1ccc2c(n1)CCC2. The molecule has 0 aliphatic heterocycles. The third kappa shape index (κ3) is 2.77. The minimum atomic E-state index is 0.867. The van der Waals surface area contributed by atoms with E-state index in [1.807, 2.05) is 18.2 Å². The highest BCUT2D eigenvalue weighted by atomic mass is 16.5. The molecule has 3 rings (SSSR count). The standard InChI is InChI=1S/C17H20N2O/c1-20-16-8-3-2-5-14(16)11-12-18-17-10-9-13-6-4-7-15(13)19-17/h2-3,5,8-10H,4,6-7,11-12H2,1H3,(H,18,19). The number of aryl methyl sites for hydroxylation is 2. The number of rotatable bonds is 5. The Morgan fingerprint density at radius 1 is 1.15 bits per heavy atom. The van der Waals surface area contributed by atoms with Gasteiger partial charge in [0.2, 0.25) is 0 Å². The molecule has 0 saturated heterocycles. The van der Waals surface area contributed by atoms with E-state index in [9.17, 15) is 0 Å². The summed E-state index contributed by atoms with van der Waals surface area (Å²) in [5.74, 6) is 1.94. The lowest BCUT2D eigenvalue weighted by atomic mass is 10.1. The van der Waals surface area contributed by atoms with Crippen molar-refractivity contribution in [2.24, 2.45) is 0 Å². The van der Waals surface area contributed by atoms with Gasteiger partial charge in [-0.05, 0) is 48.9 Å². The van der Waals surface area contributed by atoms with Crippen LogP contribution in [0.2, 0.25) is 0 Å². The average molecular weight is 268 g/mol. The molecule has 3 nitrogen and oxygen atoms in total. The number of pyridine rings is 1. The fourth-order valence-electron chi connectivity index (χ4n) is 2.75. The molecular weight excluding hydrogens is 248 g/mol. The number of hydrogen-bond donors (Lipinski definition) is 1. The summed E-state index contributed by atoms with van der Waals surface area (Å²) in [5.41, 5.74) is 3.91. The maximum atomic E-state index is 5.37. The van der Waals surface area contributed by atoms with E-state index >= 15 is 0 Å². The Bertz CT molecular complexity index is 595. The van der Waals surface area contributed by atoms with Gasteiger partial charge in [-0.3, -0.25) is 0 Å². The number of benzene rings is 1. The maximum absolute atomic E-state index is 5.37. The second-order valence-electron chi connectivity index (χ2n) is 5.14. The lowest BCUT2D eigenvalue weighted by Crippen LogP contribution is -2.08. The molecule has 1 aliphatic rings. The van der Waals surface area contributed by atoms with Crippen LogP contribution in [-0.2, 0) is 19.3 Å². The van der Waals surface area contributed by atoms with Crippen molar-refractivity contribution in [2.75, 3.05) is 19.0 Å². The van der Waals surface area contributed by atoms with Gasteiger partial charge < -0.3 is 10.1 Å². The molecule has 1 aromatic heterocycles. The van der Waals surface area contributed by atoms with Crippen LogP contribution in [0.4, 0.5) is 5.82 Å². The Morgan fingerprint density at radius 2 is 2.05 bits per heavy atom. The van der Waals surface area contributed by atoms with Gasteiger partial charge in [0, 0.05) is 12.2 Å². The lowest BCUT2D eigenvalue weighted by molar-refractivity contribution is 0.410. The van der Waals surface area contributed by atoms with Crippen LogP contribution in [-0.4, -0.2) is 18.6 Å². The molecule has 3 heteroatoms. The van der Waals surface area contributed by atoms with Gasteiger partial charge in [-0.25, -0.2) is 4.98 Å². The van der Waals surface area contributed by atoms with E-state index in [4.69, 9.17) is 4.74 Å². The highest BCUT2D eigenvalue weighted by molar-refractivity contribution is 5.41. The second-order valence-corrected chi connectivity index (χ2v) is 5.14. The number of nitrogens with one attached hydrogen (secondary N) is 1. The fourth-order valence-corrected chi connectivity index (χ4v) is 2.75. The second kappa shape index (κ2) is 5.95. The summed E-state index contributed by atoms with van der Waals surface area (Å²) in [7, 11) is 1.72. The number of para-hydroxylation sites is 1. The van der Waals surface area contributed by atoms with Gasteiger partial charge in [0.1, 0.15) is 11.6 Å². The molecule has 1 aliphatic carbocycles. The number of ether oxygens (including phenoxy) is 1. The Balaban J connectivity index is 1.60. The van der Waals surface area contributed by atoms with E-state index in [1.165, 1.54) is 29.7 Å². The third-order valence-corrected chi connectivity index (χ3v) is 3.82. The van der Waals surface area contributed by atoms with Crippen molar-refractivity contribution in [3.8, 4) is 5.75 Å². The van der Waals surface area contributed by atoms with Crippen molar-refractivity contribution >= 4 is 5.82 Å². The summed E-state index contributed by atoms with van der Waals surface area (Å²) in [6, 6.07) is 12.5. The molecule has 1 heterocycles. The van der Waals surface area contributed by atoms with Crippen molar-refractivity contribution in [3.05, 3.63) is 53.2 Å². The van der Waals surface area contributed by atoms with E-state index in [0.29, 0.717) is 0 Å². The van der Waals surface area contributed by atoms with Crippen LogP contribution < -0.4 is 10.1 Å². The summed E-state index contributed by atoms with van der Waals surface area (Å²) >= 11 is 0. The van der Waals surface area contributed by atoms with E-state index in [2.05, 4.69) is 28.5 Å². The van der Waals surface area contributed by atoms with Crippen LogP contribution in [0.15, 0.2) is 36.4 Å². The number of nitrogens with zero attached hydrogens (tertiary/aromatic N) is 1. The van der Waals surface area contributed by atoms with Crippen LogP contribution in [0.3, 0.4) is 0 Å². The number of hydrogen-bond acceptors (Lipinski definition) is 3. The average Bonchev–Trinajstić information content (AvgIpc) is 2.95. The molecule has 20 heavy (non-hydrogen) atoms. The normalized spacial score (nSPS) is 13.1. The Kier molecular flexibility index (Phi) is 3.86. The highest BCUT2D eigenvalue weighted by Gasteiger charge is 2.12. The van der Waals surface area contributed by atoms with E-state index in [1.54, 1.807) is 7.11 Å². The maximum Gasteiger partial charge on any atom is 0.126 e. The molecule has 0 radical (unpaired) electrons. The lowest BCUT2D eigenvalue weighted by Gasteiger charge is -2.10. The van der Waals surface area contributed by atoms with Gasteiger partial charge in [0.25, 0.3) is 0 Å². The van der Waals surface area contributed by atoms with Crippen molar-refractivity contribution in [1.29, 1.82) is 0 Å². The van der Waals surface area contributed by atoms with Gasteiger partial charge in [-0.2, -0.15) is 0 Å². The molecule has 0 fully saturated rings. The van der Waals surface area contributed by atoms with Gasteiger partial charge in [0.15, 0.2) is 0 Å². The molecule has 0 atom stereocenters. The Hall–Kier alpha value is -2.03. The molecule has 2 aromatic rings. The molecule has 0 amide bonds. The van der Waals surface area contributed by atoms with Crippen LogP contribution in [0, 0.1) is 0 Å². The topological polar surface area (TPSA) is 34.1 Å². The predicted octanol–water partition coefficient (Wildman–Crippen LogP) is 3.23. The molecular formula is C17H20N2O. The zero-order valence-corrected chi connectivity index (χ0v) is 11.9. The van der Waals surface area contributed by atoms with E-state index in [0.717, 1.165) is 31.0 Å². The van der Waals surface area contributed by atoms with Crippen molar-refractivity contribution in [2.45, 2.75) is 25.7 Å². The molecule has 1 N–H and O–H groups in total. The first-order valence-corrected chi connectivity index (χ1v) is 7.21. The van der Waals surface area contributed by atoms with Crippen molar-refractivity contribution < 1.29 is 4.74 Å². The van der Waals surface area contributed by atoms with Gasteiger partial charge in [0.05, 0.1) is 7.11 Å². The monoisotopic (exact) mass is 268 g/mol. The van der Waals surface area contributed by atoms with Crippen LogP contribution in [0.1, 0.15) is 23.2 Å². The molecule has 0 saturated carbocycles. The van der Waals surface area contributed by atoms with Crippen LogP contribution in [0.5, 0.6) is 5.75 Å². The quantitative estimate of drug-likeness (QED) is 0.904. The van der Waals surface area contributed by atoms with E-state index in [-0.39, 0.29) is 0 Å². The number of aromatic nitrogens is 1. The predicted molar refractivity (Wildman–Crippen MR) is 81.4 cm³/mol. The zero-order valence-electron chi connectivity index (χ0n) is 11.9. The minimum absolute atomic E-state index is 0.867. The van der Waals surface area contributed by atoms with Crippen LogP contribution in [0.25, 0.3) is 0 Å². The summed E-state index contributed by atoms with van der Waals surface area (Å²) in [4.78, 5) is 4.68.